The molecule has 0 aliphatic rings. The highest BCUT2D eigenvalue weighted by atomic mass is 19.1. The van der Waals surface area contributed by atoms with E-state index in [0.29, 0.717) is 0 Å². The number of aromatic hydroxyl groups is 1. The number of carbonyl (C=O) groups excluding carboxylic acids is 1. The van der Waals surface area contributed by atoms with Gasteiger partial charge in [0.1, 0.15) is 11.6 Å². The number of hydrogen-bond donors (Lipinski definition) is 2. The maximum absolute atomic E-state index is 12.7. The summed E-state index contributed by atoms with van der Waals surface area (Å²) >= 11 is 0. The Morgan fingerprint density at radius 1 is 1.27 bits per heavy atom. The molecule has 0 saturated heterocycles. The Hall–Kier alpha value is -3.29. The molecule has 0 atom stereocenters. The van der Waals surface area contributed by atoms with E-state index in [1.807, 2.05) is 0 Å². The monoisotopic (exact) mass is 303 g/mol. The van der Waals surface area contributed by atoms with Gasteiger partial charge in [0, 0.05) is 23.3 Å². The summed E-state index contributed by atoms with van der Waals surface area (Å²) < 4.78 is 12.7. The molecule has 0 aromatic heterocycles. The Bertz CT molecular complexity index is 744. The molecule has 8 heteroatoms. The lowest BCUT2D eigenvalue weighted by atomic mass is 10.2. The number of phenolic OH excluding ortho intramolecular Hbond substituents is 1. The van der Waals surface area contributed by atoms with Gasteiger partial charge in [-0.15, -0.1) is 0 Å². The number of nitrogens with zero attached hydrogens (tertiary/aromatic N) is 2. The van der Waals surface area contributed by atoms with Gasteiger partial charge < -0.3 is 5.11 Å². The van der Waals surface area contributed by atoms with Crippen LogP contribution in [0, 0.1) is 15.9 Å². The number of phenols is 1. The quantitative estimate of drug-likeness (QED) is 0.513. The number of nitro groups is 1. The maximum Gasteiger partial charge on any atom is 0.271 e. The number of hydrogen-bond acceptors (Lipinski definition) is 5. The zero-order valence-electron chi connectivity index (χ0n) is 11.1. The average molecular weight is 303 g/mol. The lowest BCUT2D eigenvalue weighted by molar-refractivity contribution is -0.384. The second-order valence-electron chi connectivity index (χ2n) is 4.21. The highest BCUT2D eigenvalue weighted by Crippen LogP contribution is 2.21. The molecule has 22 heavy (non-hydrogen) atoms. The molecule has 2 aromatic rings. The van der Waals surface area contributed by atoms with Crippen LogP contribution < -0.4 is 5.43 Å². The molecular weight excluding hydrogens is 293 g/mol. The van der Waals surface area contributed by atoms with Crippen LogP contribution in [0.1, 0.15) is 15.9 Å². The summed E-state index contributed by atoms with van der Waals surface area (Å²) in [6, 6.07) is 8.24. The number of carbonyl (C=O) groups is 1. The van der Waals surface area contributed by atoms with Gasteiger partial charge >= 0.3 is 0 Å². The molecule has 2 N–H and O–H groups in total. The number of hydrazone groups is 1. The maximum atomic E-state index is 12.7. The van der Waals surface area contributed by atoms with E-state index in [9.17, 15) is 24.4 Å². The smallest absolute Gasteiger partial charge is 0.271 e. The SMILES string of the molecule is O=C(N/N=C\c1cc([N+](=O)[O-])ccc1O)c1ccc(F)cc1. The predicted octanol–water partition coefficient (Wildman–Crippen LogP) is 2.20. The summed E-state index contributed by atoms with van der Waals surface area (Å²) in [7, 11) is 0. The van der Waals surface area contributed by atoms with Crippen LogP contribution >= 0.6 is 0 Å². The van der Waals surface area contributed by atoms with Crippen molar-refractivity contribution in [2.75, 3.05) is 0 Å². The van der Waals surface area contributed by atoms with Gasteiger partial charge in [-0.2, -0.15) is 5.10 Å². The third-order valence-electron chi connectivity index (χ3n) is 2.70. The second-order valence-corrected chi connectivity index (χ2v) is 4.21. The van der Waals surface area contributed by atoms with Gasteiger partial charge in [-0.05, 0) is 30.3 Å². The number of nitrogens with one attached hydrogen (secondary N) is 1. The molecule has 0 bridgehead atoms. The first-order valence-corrected chi connectivity index (χ1v) is 6.04. The first-order chi connectivity index (χ1) is 10.5. The number of benzene rings is 2. The zero-order chi connectivity index (χ0) is 16.1. The molecule has 0 spiro atoms. The van der Waals surface area contributed by atoms with Crippen molar-refractivity contribution in [3.05, 3.63) is 69.5 Å². The minimum absolute atomic E-state index is 0.0774. The molecule has 1 amide bonds. The number of halogens is 1. The lowest BCUT2D eigenvalue weighted by Crippen LogP contribution is -2.17. The van der Waals surface area contributed by atoms with Crippen molar-refractivity contribution in [2.24, 2.45) is 5.10 Å². The van der Waals surface area contributed by atoms with Gasteiger partial charge in [-0.25, -0.2) is 9.82 Å². The summed E-state index contributed by atoms with van der Waals surface area (Å²) in [5, 5.41) is 23.8. The summed E-state index contributed by atoms with van der Waals surface area (Å²) in [6.45, 7) is 0. The van der Waals surface area contributed by atoms with Crippen molar-refractivity contribution in [3.63, 3.8) is 0 Å². The average Bonchev–Trinajstić information content (AvgIpc) is 2.49. The van der Waals surface area contributed by atoms with Crippen molar-refractivity contribution in [2.45, 2.75) is 0 Å². The molecule has 0 heterocycles. The highest BCUT2D eigenvalue weighted by molar-refractivity contribution is 5.95. The molecule has 112 valence electrons. The number of nitro benzene ring substituents is 1. The molecule has 0 fully saturated rings. The lowest BCUT2D eigenvalue weighted by Gasteiger charge is -2.01. The van der Waals surface area contributed by atoms with Crippen LogP contribution in [-0.4, -0.2) is 22.2 Å². The Kier molecular flexibility index (Phi) is 4.42. The molecule has 0 aliphatic carbocycles. The Labute approximate surface area is 123 Å². The Morgan fingerprint density at radius 2 is 1.95 bits per heavy atom. The van der Waals surface area contributed by atoms with E-state index in [1.54, 1.807) is 0 Å². The zero-order valence-corrected chi connectivity index (χ0v) is 11.1. The van der Waals surface area contributed by atoms with Crippen molar-refractivity contribution in [1.82, 2.24) is 5.43 Å². The predicted molar refractivity (Wildman–Crippen MR) is 76.2 cm³/mol. The van der Waals surface area contributed by atoms with Crippen LogP contribution in [0.2, 0.25) is 0 Å². The van der Waals surface area contributed by atoms with Crippen LogP contribution in [-0.2, 0) is 0 Å². The molecule has 0 unspecified atom stereocenters. The molecule has 0 saturated carbocycles. The Morgan fingerprint density at radius 3 is 2.59 bits per heavy atom. The van der Waals surface area contributed by atoms with E-state index in [0.717, 1.165) is 36.5 Å². The van der Waals surface area contributed by atoms with Crippen molar-refractivity contribution >= 4 is 17.8 Å². The molecule has 2 rings (SSSR count). The third-order valence-corrected chi connectivity index (χ3v) is 2.70. The van der Waals surface area contributed by atoms with Crippen molar-refractivity contribution in [1.29, 1.82) is 0 Å². The topological polar surface area (TPSA) is 105 Å². The first kappa shape index (κ1) is 15.1. The van der Waals surface area contributed by atoms with Crippen LogP contribution in [0.4, 0.5) is 10.1 Å². The van der Waals surface area contributed by atoms with Gasteiger partial charge in [0.15, 0.2) is 0 Å². The largest absolute Gasteiger partial charge is 0.507 e. The van der Waals surface area contributed by atoms with Crippen LogP contribution in [0.5, 0.6) is 5.75 Å². The summed E-state index contributed by atoms with van der Waals surface area (Å²) in [6.07, 6.45) is 1.07. The molecule has 2 aromatic carbocycles. The highest BCUT2D eigenvalue weighted by Gasteiger charge is 2.09. The van der Waals surface area contributed by atoms with Crippen molar-refractivity contribution in [3.8, 4) is 5.75 Å². The normalized spacial score (nSPS) is 10.6. The molecule has 0 aliphatic heterocycles. The molecule has 0 radical (unpaired) electrons. The van der Waals surface area contributed by atoms with Gasteiger partial charge in [-0.3, -0.25) is 14.9 Å². The fraction of sp³-hybridized carbons (Fsp3) is 0. The minimum Gasteiger partial charge on any atom is -0.507 e. The van der Waals surface area contributed by atoms with Gasteiger partial charge in [-0.1, -0.05) is 0 Å². The van der Waals surface area contributed by atoms with E-state index < -0.39 is 16.6 Å². The van der Waals surface area contributed by atoms with Gasteiger partial charge in [0.2, 0.25) is 0 Å². The Balaban J connectivity index is 2.09. The first-order valence-electron chi connectivity index (χ1n) is 6.04. The molecule has 7 nitrogen and oxygen atoms in total. The summed E-state index contributed by atoms with van der Waals surface area (Å²) in [4.78, 5) is 21.7. The fourth-order valence-electron chi connectivity index (χ4n) is 1.59. The molecular formula is C14H10FN3O4. The van der Waals surface area contributed by atoms with Crippen LogP contribution in [0.25, 0.3) is 0 Å². The van der Waals surface area contributed by atoms with Gasteiger partial charge in [0.05, 0.1) is 11.1 Å². The van der Waals surface area contributed by atoms with E-state index >= 15 is 0 Å². The van der Waals surface area contributed by atoms with E-state index in [4.69, 9.17) is 0 Å². The second kappa shape index (κ2) is 6.44. The van der Waals surface area contributed by atoms with Crippen LogP contribution in [0.3, 0.4) is 0 Å². The standard InChI is InChI=1S/C14H10FN3O4/c15-11-3-1-9(2-4-11)14(20)17-16-8-10-7-12(18(21)22)5-6-13(10)19/h1-8,19H,(H,17,20)/b16-8-. The minimum atomic E-state index is -0.617. The van der Waals surface area contributed by atoms with Gasteiger partial charge in [0.25, 0.3) is 11.6 Å². The number of amides is 1. The van der Waals surface area contributed by atoms with E-state index in [2.05, 4.69) is 10.5 Å². The van der Waals surface area contributed by atoms with Crippen molar-refractivity contribution < 1.29 is 19.2 Å². The van der Waals surface area contributed by atoms with Crippen LogP contribution in [0.15, 0.2) is 47.6 Å². The number of non-ortho nitro benzene ring substituents is 1. The number of rotatable bonds is 4. The summed E-state index contributed by atoms with van der Waals surface area (Å²) in [5.74, 6) is -1.27. The summed E-state index contributed by atoms with van der Waals surface area (Å²) in [5.41, 5.74) is 2.23. The fourth-order valence-corrected chi connectivity index (χ4v) is 1.59. The van der Waals surface area contributed by atoms with E-state index in [-0.39, 0.29) is 22.6 Å². The van der Waals surface area contributed by atoms with E-state index in [1.165, 1.54) is 12.1 Å². The third kappa shape index (κ3) is 3.63.